The Kier molecular flexibility index (Phi) is 4.18. The van der Waals surface area contributed by atoms with Crippen molar-refractivity contribution in [2.45, 2.75) is 6.54 Å². The van der Waals surface area contributed by atoms with Crippen LogP contribution >= 0.6 is 15.9 Å². The van der Waals surface area contributed by atoms with Gasteiger partial charge in [0, 0.05) is 18.7 Å². The molecule has 0 saturated carbocycles. The highest BCUT2D eigenvalue weighted by atomic mass is 79.9. The van der Waals surface area contributed by atoms with Crippen molar-refractivity contribution in [1.82, 2.24) is 14.5 Å². The van der Waals surface area contributed by atoms with Gasteiger partial charge in [0.1, 0.15) is 11.6 Å². The maximum atomic E-state index is 9.70. The van der Waals surface area contributed by atoms with Gasteiger partial charge in [-0.1, -0.05) is 12.1 Å². The van der Waals surface area contributed by atoms with Crippen LogP contribution in [0.15, 0.2) is 46.9 Å². The number of rotatable bonds is 4. The number of imidazole rings is 1. The van der Waals surface area contributed by atoms with E-state index in [4.69, 9.17) is 4.98 Å². The van der Waals surface area contributed by atoms with Gasteiger partial charge in [0.05, 0.1) is 15.5 Å². The number of hydrogen-bond acceptors (Lipinski definition) is 3. The third-order valence-electron chi connectivity index (χ3n) is 3.63. The largest absolute Gasteiger partial charge is 0.507 e. The van der Waals surface area contributed by atoms with E-state index in [9.17, 15) is 5.11 Å². The molecule has 2 aromatic carbocycles. The Morgan fingerprint density at radius 3 is 2.68 bits per heavy atom. The highest BCUT2D eigenvalue weighted by Gasteiger charge is 2.13. The summed E-state index contributed by atoms with van der Waals surface area (Å²) in [4.78, 5) is 6.93. The Bertz CT molecular complexity index is 811. The van der Waals surface area contributed by atoms with Crippen LogP contribution in [-0.2, 0) is 6.54 Å². The zero-order chi connectivity index (χ0) is 15.7. The van der Waals surface area contributed by atoms with Crippen molar-refractivity contribution >= 4 is 27.0 Å². The number of aromatic hydroxyl groups is 1. The lowest BCUT2D eigenvalue weighted by molar-refractivity contribution is 0.387. The van der Waals surface area contributed by atoms with E-state index in [1.165, 1.54) is 0 Å². The van der Waals surface area contributed by atoms with Crippen molar-refractivity contribution in [1.29, 1.82) is 0 Å². The second-order valence-corrected chi connectivity index (χ2v) is 6.40. The maximum absolute atomic E-state index is 9.70. The van der Waals surface area contributed by atoms with E-state index < -0.39 is 0 Å². The molecule has 0 bridgehead atoms. The summed E-state index contributed by atoms with van der Waals surface area (Å²) in [5.74, 6) is 1.16. The van der Waals surface area contributed by atoms with Crippen LogP contribution in [0.4, 0.5) is 0 Å². The lowest BCUT2D eigenvalue weighted by Gasteiger charge is -2.13. The van der Waals surface area contributed by atoms with Crippen molar-refractivity contribution in [2.75, 3.05) is 20.6 Å². The van der Waals surface area contributed by atoms with Crippen LogP contribution in [0.5, 0.6) is 5.75 Å². The van der Waals surface area contributed by atoms with Gasteiger partial charge in [0.15, 0.2) is 0 Å². The highest BCUT2D eigenvalue weighted by molar-refractivity contribution is 9.10. The Morgan fingerprint density at radius 1 is 1.18 bits per heavy atom. The van der Waals surface area contributed by atoms with Crippen LogP contribution in [0, 0.1) is 0 Å². The average Bonchev–Trinajstić information content (AvgIpc) is 2.86. The maximum Gasteiger partial charge on any atom is 0.141 e. The first-order valence-corrected chi connectivity index (χ1v) is 7.94. The summed E-state index contributed by atoms with van der Waals surface area (Å²) >= 11 is 3.38. The van der Waals surface area contributed by atoms with Gasteiger partial charge in [-0.2, -0.15) is 0 Å². The first-order chi connectivity index (χ1) is 10.6. The van der Waals surface area contributed by atoms with Crippen LogP contribution in [-0.4, -0.2) is 40.2 Å². The van der Waals surface area contributed by atoms with Crippen LogP contribution in [0.3, 0.4) is 0 Å². The smallest absolute Gasteiger partial charge is 0.141 e. The monoisotopic (exact) mass is 359 g/mol. The third kappa shape index (κ3) is 2.87. The molecule has 1 aromatic heterocycles. The fourth-order valence-corrected chi connectivity index (χ4v) is 2.85. The second kappa shape index (κ2) is 6.10. The van der Waals surface area contributed by atoms with Gasteiger partial charge in [-0.25, -0.2) is 4.98 Å². The van der Waals surface area contributed by atoms with Gasteiger partial charge in [0.2, 0.25) is 0 Å². The van der Waals surface area contributed by atoms with Crippen molar-refractivity contribution in [3.63, 3.8) is 0 Å². The molecule has 3 rings (SSSR count). The molecule has 1 heterocycles. The molecule has 22 heavy (non-hydrogen) atoms. The predicted octanol–water partition coefficient (Wildman–Crippen LogP) is 3.73. The summed E-state index contributed by atoms with van der Waals surface area (Å²) in [5.41, 5.74) is 3.10. The van der Waals surface area contributed by atoms with Gasteiger partial charge < -0.3 is 14.6 Å². The van der Waals surface area contributed by atoms with Gasteiger partial charge >= 0.3 is 0 Å². The van der Waals surface area contributed by atoms with Gasteiger partial charge in [0.25, 0.3) is 0 Å². The molecule has 3 aromatic rings. The summed E-state index contributed by atoms with van der Waals surface area (Å²) in [6.45, 7) is 1.80. The molecule has 0 aliphatic heterocycles. The molecule has 1 N–H and O–H groups in total. The second-order valence-electron chi connectivity index (χ2n) is 5.55. The molecule has 0 aliphatic carbocycles. The summed E-state index contributed by atoms with van der Waals surface area (Å²) in [5, 5.41) is 9.70. The number of likely N-dealkylation sites (N-methyl/N-ethyl adjacent to an activating group) is 1. The first-order valence-electron chi connectivity index (χ1n) is 7.15. The molecule has 0 amide bonds. The van der Waals surface area contributed by atoms with E-state index in [0.717, 1.165) is 35.5 Å². The summed E-state index contributed by atoms with van der Waals surface area (Å²) < 4.78 is 2.91. The normalized spacial score (nSPS) is 11.5. The minimum absolute atomic E-state index is 0.236. The van der Waals surface area contributed by atoms with Crippen LogP contribution < -0.4 is 0 Å². The first kappa shape index (κ1) is 15.1. The fraction of sp³-hybridized carbons (Fsp3) is 0.235. The topological polar surface area (TPSA) is 41.3 Å². The van der Waals surface area contributed by atoms with Gasteiger partial charge in [-0.15, -0.1) is 0 Å². The van der Waals surface area contributed by atoms with Crippen molar-refractivity contribution in [3.8, 4) is 17.1 Å². The van der Waals surface area contributed by atoms with Crippen LogP contribution in [0.1, 0.15) is 0 Å². The van der Waals surface area contributed by atoms with E-state index >= 15 is 0 Å². The number of phenols is 1. The molecule has 114 valence electrons. The Hall–Kier alpha value is -1.85. The zero-order valence-corrected chi connectivity index (χ0v) is 14.2. The number of nitrogens with zero attached hydrogens (tertiary/aromatic N) is 3. The molecule has 4 nitrogen and oxygen atoms in total. The molecule has 5 heteroatoms. The number of phenolic OH excluding ortho intramolecular Hbond substituents is 1. The lowest BCUT2D eigenvalue weighted by atomic mass is 10.2. The van der Waals surface area contributed by atoms with E-state index in [-0.39, 0.29) is 5.75 Å². The third-order valence-corrected chi connectivity index (χ3v) is 4.27. The number of benzene rings is 2. The number of halogens is 1. The van der Waals surface area contributed by atoms with Crippen molar-refractivity contribution < 1.29 is 5.11 Å². The minimum Gasteiger partial charge on any atom is -0.507 e. The molecule has 0 aliphatic rings. The lowest BCUT2D eigenvalue weighted by Crippen LogP contribution is -2.18. The average molecular weight is 360 g/mol. The Balaban J connectivity index is 2.14. The van der Waals surface area contributed by atoms with Crippen LogP contribution in [0.25, 0.3) is 22.4 Å². The number of para-hydroxylation sites is 2. The van der Waals surface area contributed by atoms with E-state index in [0.29, 0.717) is 4.47 Å². The Labute approximate surface area is 138 Å². The van der Waals surface area contributed by atoms with Gasteiger partial charge in [-0.05, 0) is 60.4 Å². The Morgan fingerprint density at radius 2 is 1.95 bits per heavy atom. The SMILES string of the molecule is CN(C)CCn1c(-c2ccc(O)c(Br)c2)nc2ccccc21. The van der Waals surface area contributed by atoms with Crippen molar-refractivity contribution in [3.05, 3.63) is 46.9 Å². The molecule has 0 atom stereocenters. The summed E-state index contributed by atoms with van der Waals surface area (Å²) in [6.07, 6.45) is 0. The minimum atomic E-state index is 0.236. The standard InChI is InChI=1S/C17H18BrN3O/c1-20(2)9-10-21-15-6-4-3-5-14(15)19-17(21)12-7-8-16(22)13(18)11-12/h3-8,11,22H,9-10H2,1-2H3. The summed E-state index contributed by atoms with van der Waals surface area (Å²) in [6, 6.07) is 13.7. The quantitative estimate of drug-likeness (QED) is 0.771. The molecule has 0 saturated heterocycles. The van der Waals surface area contributed by atoms with Crippen LogP contribution in [0.2, 0.25) is 0 Å². The van der Waals surface area contributed by atoms with E-state index in [1.807, 2.05) is 30.3 Å². The molecule has 0 fully saturated rings. The fourth-order valence-electron chi connectivity index (χ4n) is 2.47. The van der Waals surface area contributed by atoms with E-state index in [2.05, 4.69) is 45.6 Å². The van der Waals surface area contributed by atoms with Crippen molar-refractivity contribution in [2.24, 2.45) is 0 Å². The predicted molar refractivity (Wildman–Crippen MR) is 93.1 cm³/mol. The zero-order valence-electron chi connectivity index (χ0n) is 12.6. The summed E-state index contributed by atoms with van der Waals surface area (Å²) in [7, 11) is 4.13. The molecule has 0 spiro atoms. The highest BCUT2D eigenvalue weighted by Crippen LogP contribution is 2.31. The number of fused-ring (bicyclic) bond motifs is 1. The molecular formula is C17H18BrN3O. The number of aromatic nitrogens is 2. The van der Waals surface area contributed by atoms with Gasteiger partial charge in [-0.3, -0.25) is 0 Å². The molecule has 0 unspecified atom stereocenters. The van der Waals surface area contributed by atoms with E-state index in [1.54, 1.807) is 6.07 Å². The molecule has 0 radical (unpaired) electrons. The molecular weight excluding hydrogens is 342 g/mol. The number of hydrogen-bond donors (Lipinski definition) is 1.